The number of nitrogens with zero attached hydrogens (tertiary/aromatic N) is 1. The first-order chi connectivity index (χ1) is 10.9. The Morgan fingerprint density at radius 1 is 1.30 bits per heavy atom. The van der Waals surface area contributed by atoms with E-state index in [0.29, 0.717) is 25.1 Å². The van der Waals surface area contributed by atoms with E-state index in [1.165, 1.54) is 4.31 Å². The second-order valence-electron chi connectivity index (χ2n) is 5.98. The molecular weight excluding hydrogens is 320 g/mol. The van der Waals surface area contributed by atoms with Crippen LogP contribution in [0.3, 0.4) is 0 Å². The number of nitrogens with one attached hydrogen (secondary N) is 1. The molecule has 0 spiro atoms. The summed E-state index contributed by atoms with van der Waals surface area (Å²) in [6.07, 6.45) is 1.00. The van der Waals surface area contributed by atoms with Gasteiger partial charge in [-0.3, -0.25) is 9.59 Å². The van der Waals surface area contributed by atoms with Crippen molar-refractivity contribution in [3.8, 4) is 0 Å². The second kappa shape index (κ2) is 5.93. The minimum atomic E-state index is -3.16. The quantitative estimate of drug-likeness (QED) is 0.829. The molecule has 0 aromatic heterocycles. The number of carboxylic acid groups (broad SMARTS) is 1. The Labute approximate surface area is 134 Å². The van der Waals surface area contributed by atoms with Crippen LogP contribution in [0.4, 0.5) is 5.69 Å². The van der Waals surface area contributed by atoms with E-state index in [2.05, 4.69) is 5.32 Å². The first-order valence-electron chi connectivity index (χ1n) is 7.47. The maximum atomic E-state index is 12.0. The lowest BCUT2D eigenvalue weighted by Crippen LogP contribution is -2.25. The van der Waals surface area contributed by atoms with E-state index in [9.17, 15) is 18.0 Å². The molecule has 124 valence electrons. The fourth-order valence-corrected chi connectivity index (χ4v) is 4.32. The van der Waals surface area contributed by atoms with Crippen LogP contribution in [-0.2, 0) is 26.2 Å². The van der Waals surface area contributed by atoms with Crippen molar-refractivity contribution in [3.63, 3.8) is 0 Å². The molecule has 23 heavy (non-hydrogen) atoms. The van der Waals surface area contributed by atoms with Gasteiger partial charge in [-0.15, -0.1) is 0 Å². The number of aliphatic carboxylic acids is 1. The van der Waals surface area contributed by atoms with Crippen LogP contribution < -0.4 is 5.32 Å². The Morgan fingerprint density at radius 3 is 2.70 bits per heavy atom. The monoisotopic (exact) mass is 338 g/mol. The molecule has 1 aliphatic carbocycles. The molecule has 1 saturated heterocycles. The van der Waals surface area contributed by atoms with Crippen LogP contribution in [0.15, 0.2) is 24.3 Å². The van der Waals surface area contributed by atoms with Gasteiger partial charge in [0.25, 0.3) is 0 Å². The van der Waals surface area contributed by atoms with Crippen LogP contribution in [0.2, 0.25) is 0 Å². The van der Waals surface area contributed by atoms with Crippen LogP contribution in [0.5, 0.6) is 0 Å². The molecule has 0 bridgehead atoms. The van der Waals surface area contributed by atoms with Gasteiger partial charge in [0.05, 0.1) is 17.6 Å². The van der Waals surface area contributed by atoms with E-state index in [1.807, 2.05) is 0 Å². The average Bonchev–Trinajstić information content (AvgIpc) is 3.21. The molecule has 7 nitrogen and oxygen atoms in total. The first-order valence-corrected chi connectivity index (χ1v) is 9.08. The van der Waals surface area contributed by atoms with Crippen LogP contribution >= 0.6 is 0 Å². The molecule has 1 amide bonds. The summed E-state index contributed by atoms with van der Waals surface area (Å²) in [6.45, 7) is 0.800. The zero-order valence-corrected chi connectivity index (χ0v) is 13.3. The predicted molar refractivity (Wildman–Crippen MR) is 83.1 cm³/mol. The summed E-state index contributed by atoms with van der Waals surface area (Å²) in [4.78, 5) is 22.8. The maximum absolute atomic E-state index is 12.0. The number of hydrogen-bond donors (Lipinski definition) is 2. The van der Waals surface area contributed by atoms with Gasteiger partial charge >= 0.3 is 5.97 Å². The Balaban J connectivity index is 1.64. The number of carboxylic acids is 1. The summed E-state index contributed by atoms with van der Waals surface area (Å²) in [7, 11) is -3.16. The van der Waals surface area contributed by atoms with Gasteiger partial charge < -0.3 is 10.4 Å². The van der Waals surface area contributed by atoms with Crippen LogP contribution in [-0.4, -0.2) is 42.0 Å². The molecular formula is C15H18N2O5S. The van der Waals surface area contributed by atoms with Gasteiger partial charge in [0, 0.05) is 18.8 Å². The topological polar surface area (TPSA) is 104 Å². The molecule has 2 N–H and O–H groups in total. The molecule has 1 aromatic carbocycles. The Kier molecular flexibility index (Phi) is 4.11. The van der Waals surface area contributed by atoms with Crippen molar-refractivity contribution in [2.75, 3.05) is 17.6 Å². The maximum Gasteiger partial charge on any atom is 0.307 e. The van der Waals surface area contributed by atoms with Gasteiger partial charge in [-0.1, -0.05) is 12.1 Å². The van der Waals surface area contributed by atoms with E-state index in [4.69, 9.17) is 5.11 Å². The smallest absolute Gasteiger partial charge is 0.307 e. The van der Waals surface area contributed by atoms with Crippen LogP contribution in [0.25, 0.3) is 0 Å². The molecule has 2 fully saturated rings. The second-order valence-corrected chi connectivity index (χ2v) is 8.07. The summed E-state index contributed by atoms with van der Waals surface area (Å²) >= 11 is 0. The summed E-state index contributed by atoms with van der Waals surface area (Å²) in [5.74, 6) is -2.13. The molecule has 0 radical (unpaired) electrons. The van der Waals surface area contributed by atoms with Crippen molar-refractivity contribution >= 4 is 27.6 Å². The fourth-order valence-electron chi connectivity index (χ4n) is 2.81. The summed E-state index contributed by atoms with van der Waals surface area (Å²) in [5, 5.41) is 11.6. The van der Waals surface area contributed by atoms with Gasteiger partial charge in [0.15, 0.2) is 0 Å². The van der Waals surface area contributed by atoms with Gasteiger partial charge in [0.1, 0.15) is 0 Å². The van der Waals surface area contributed by atoms with Gasteiger partial charge in [-0.25, -0.2) is 8.42 Å². The lowest BCUT2D eigenvalue weighted by atomic mass is 10.2. The van der Waals surface area contributed by atoms with Gasteiger partial charge in [-0.2, -0.15) is 4.31 Å². The third-order valence-electron chi connectivity index (χ3n) is 4.20. The third kappa shape index (κ3) is 3.53. The molecule has 8 heteroatoms. The number of rotatable bonds is 5. The van der Waals surface area contributed by atoms with Gasteiger partial charge in [0.2, 0.25) is 15.9 Å². The van der Waals surface area contributed by atoms with Crippen molar-refractivity contribution in [1.29, 1.82) is 0 Å². The Hall–Kier alpha value is -1.93. The van der Waals surface area contributed by atoms with Crippen molar-refractivity contribution in [3.05, 3.63) is 29.8 Å². The highest BCUT2D eigenvalue weighted by molar-refractivity contribution is 7.89. The zero-order chi connectivity index (χ0) is 16.6. The van der Waals surface area contributed by atoms with Crippen LogP contribution in [0, 0.1) is 11.8 Å². The number of anilines is 1. The molecule has 2 atom stereocenters. The van der Waals surface area contributed by atoms with E-state index < -0.39 is 27.8 Å². The average molecular weight is 338 g/mol. The normalized spacial score (nSPS) is 25.9. The minimum absolute atomic E-state index is 0.182. The highest BCUT2D eigenvalue weighted by Gasteiger charge is 2.48. The van der Waals surface area contributed by atoms with Crippen molar-refractivity contribution < 1.29 is 23.1 Å². The highest BCUT2D eigenvalue weighted by Crippen LogP contribution is 2.39. The fraction of sp³-hybridized carbons (Fsp3) is 0.467. The predicted octanol–water partition coefficient (Wildman–Crippen LogP) is 0.881. The van der Waals surface area contributed by atoms with Gasteiger partial charge in [-0.05, 0) is 30.5 Å². The molecule has 1 saturated carbocycles. The van der Waals surface area contributed by atoms with Crippen molar-refractivity contribution in [1.82, 2.24) is 4.31 Å². The molecule has 1 aromatic rings. The van der Waals surface area contributed by atoms with E-state index in [1.54, 1.807) is 24.3 Å². The summed E-state index contributed by atoms with van der Waals surface area (Å²) in [6, 6.07) is 6.98. The standard InChI is InChI=1S/C15H18N2O5S/c18-14(12-8-13(12)15(19)20)16-11-4-1-3-10(7-11)9-17-5-2-6-23(17,21)22/h1,3-4,7,12-13H,2,5-6,8-9H2,(H,16,18)(H,19,20)/t12-,13-/m1/s1. The number of sulfonamides is 1. The zero-order valence-electron chi connectivity index (χ0n) is 12.4. The Morgan fingerprint density at radius 2 is 2.09 bits per heavy atom. The van der Waals surface area contributed by atoms with E-state index >= 15 is 0 Å². The molecule has 1 heterocycles. The number of hydrogen-bond acceptors (Lipinski definition) is 4. The number of amides is 1. The number of benzene rings is 1. The number of carbonyl (C=O) groups excluding carboxylic acids is 1. The van der Waals surface area contributed by atoms with E-state index in [0.717, 1.165) is 5.56 Å². The Bertz CT molecular complexity index is 746. The molecule has 3 rings (SSSR count). The summed E-state index contributed by atoms with van der Waals surface area (Å²) in [5.41, 5.74) is 1.35. The largest absolute Gasteiger partial charge is 0.481 e. The van der Waals surface area contributed by atoms with Crippen molar-refractivity contribution in [2.24, 2.45) is 11.8 Å². The molecule has 2 aliphatic rings. The van der Waals surface area contributed by atoms with E-state index in [-0.39, 0.29) is 18.2 Å². The molecule has 1 aliphatic heterocycles. The summed E-state index contributed by atoms with van der Waals surface area (Å²) < 4.78 is 25.1. The highest BCUT2D eigenvalue weighted by atomic mass is 32.2. The minimum Gasteiger partial charge on any atom is -0.481 e. The molecule has 0 unspecified atom stereocenters. The first kappa shape index (κ1) is 15.9. The third-order valence-corrected chi connectivity index (χ3v) is 6.10. The van der Waals surface area contributed by atoms with Crippen LogP contribution in [0.1, 0.15) is 18.4 Å². The lowest BCUT2D eigenvalue weighted by Gasteiger charge is -2.15. The lowest BCUT2D eigenvalue weighted by molar-refractivity contribution is -0.139. The SMILES string of the molecule is O=C(O)[C@@H]1C[C@H]1C(=O)Nc1cccc(CN2CCCS2(=O)=O)c1. The number of carbonyl (C=O) groups is 2. The van der Waals surface area contributed by atoms with Crippen molar-refractivity contribution in [2.45, 2.75) is 19.4 Å².